The van der Waals surface area contributed by atoms with Crippen LogP contribution in [0.1, 0.15) is 0 Å². The predicted molar refractivity (Wildman–Crippen MR) is 35.7 cm³/mol. The molecular weight excluding hydrogens is 156 g/mol. The molecule has 4 nitrogen and oxygen atoms in total. The van der Waals surface area contributed by atoms with Crippen molar-refractivity contribution >= 4 is 18.6 Å². The summed E-state index contributed by atoms with van der Waals surface area (Å²) in [6, 6.07) is 0. The van der Waals surface area contributed by atoms with Crippen LogP contribution in [-0.2, 0) is 9.53 Å². The van der Waals surface area contributed by atoms with E-state index in [0.717, 1.165) is 0 Å². The van der Waals surface area contributed by atoms with Crippen molar-refractivity contribution in [3.8, 4) is 0 Å². The van der Waals surface area contributed by atoms with Gasteiger partial charge in [0.2, 0.25) is 0 Å². The van der Waals surface area contributed by atoms with Gasteiger partial charge in [-0.15, -0.1) is 0 Å². The van der Waals surface area contributed by atoms with Gasteiger partial charge in [0, 0.05) is 5.75 Å². The zero-order valence-electron chi connectivity index (χ0n) is 5.10. The molecule has 0 aromatic heterocycles. The van der Waals surface area contributed by atoms with Crippen LogP contribution in [0, 0.1) is 0 Å². The Hall–Kier alpha value is -0.260. The molecule has 0 saturated carbocycles. The van der Waals surface area contributed by atoms with E-state index in [0.29, 0.717) is 0 Å². The maximum absolute atomic E-state index is 10.5. The van der Waals surface area contributed by atoms with E-state index >= 15 is 0 Å². The number of carbonyl (C=O) groups is 1. The van der Waals surface area contributed by atoms with E-state index in [1.807, 2.05) is 0 Å². The smallest absolute Gasteiger partial charge is 0.338 e. The van der Waals surface area contributed by atoms with Crippen LogP contribution in [-0.4, -0.2) is 40.2 Å². The second-order valence-corrected chi connectivity index (χ2v) is 2.46. The molecule has 1 fully saturated rings. The predicted octanol–water partition coefficient (Wildman–Crippen LogP) is -1.44. The van der Waals surface area contributed by atoms with E-state index in [1.165, 1.54) is 0 Å². The molecule has 1 saturated heterocycles. The van der Waals surface area contributed by atoms with Crippen LogP contribution in [0.25, 0.3) is 0 Å². The first kappa shape index (κ1) is 7.84. The van der Waals surface area contributed by atoms with Gasteiger partial charge < -0.3 is 14.9 Å². The van der Waals surface area contributed by atoms with Crippen LogP contribution in [0.4, 0.5) is 0 Å². The number of aliphatic hydroxyl groups excluding tert-OH is 2. The number of ether oxygens (including phenoxy) is 1. The maximum atomic E-state index is 10.5. The molecule has 0 amide bonds. The number of rotatable bonds is 1. The van der Waals surface area contributed by atoms with Crippen molar-refractivity contribution in [3.05, 3.63) is 0 Å². The molecule has 0 radical (unpaired) electrons. The normalized spacial score (nSPS) is 39.9. The molecule has 2 N–H and O–H groups in total. The van der Waals surface area contributed by atoms with E-state index in [-0.39, 0.29) is 5.75 Å². The zero-order chi connectivity index (χ0) is 7.72. The number of thiol groups is 1. The molecule has 0 aromatic carbocycles. The first-order valence-corrected chi connectivity index (χ1v) is 3.47. The lowest BCUT2D eigenvalue weighted by atomic mass is 10.2. The van der Waals surface area contributed by atoms with Crippen molar-refractivity contribution in [2.75, 3.05) is 5.75 Å². The molecule has 10 heavy (non-hydrogen) atoms. The molecule has 0 bridgehead atoms. The number of hydrogen-bond acceptors (Lipinski definition) is 5. The minimum Gasteiger partial charge on any atom is -0.457 e. The van der Waals surface area contributed by atoms with Crippen LogP contribution in [0.5, 0.6) is 0 Å². The lowest BCUT2D eigenvalue weighted by Crippen LogP contribution is -2.31. The Morgan fingerprint density at radius 1 is 1.60 bits per heavy atom. The molecule has 3 unspecified atom stereocenters. The van der Waals surface area contributed by atoms with Gasteiger partial charge in [-0.3, -0.25) is 0 Å². The van der Waals surface area contributed by atoms with Gasteiger partial charge >= 0.3 is 5.97 Å². The molecule has 3 atom stereocenters. The number of carbonyl (C=O) groups excluding carboxylic acids is 1. The summed E-state index contributed by atoms with van der Waals surface area (Å²) >= 11 is 3.81. The van der Waals surface area contributed by atoms with Gasteiger partial charge in [-0.25, -0.2) is 4.79 Å². The summed E-state index contributed by atoms with van der Waals surface area (Å²) in [6.07, 6.45) is -3.17. The standard InChI is InChI=1S/C5H8O4S/c6-3-2(1-10)9-5(8)4(3)7/h2-4,6-7,10H,1H2. The highest BCUT2D eigenvalue weighted by Gasteiger charge is 2.41. The van der Waals surface area contributed by atoms with Crippen molar-refractivity contribution in [2.45, 2.75) is 18.3 Å². The molecule has 1 heterocycles. The van der Waals surface area contributed by atoms with Crippen molar-refractivity contribution in [2.24, 2.45) is 0 Å². The van der Waals surface area contributed by atoms with Gasteiger partial charge in [-0.05, 0) is 0 Å². The SMILES string of the molecule is O=C1OC(CS)C(O)C1O. The third-order valence-electron chi connectivity index (χ3n) is 1.39. The summed E-state index contributed by atoms with van der Waals surface area (Å²) in [4.78, 5) is 10.5. The second-order valence-electron chi connectivity index (χ2n) is 2.09. The van der Waals surface area contributed by atoms with Crippen molar-refractivity contribution in [1.29, 1.82) is 0 Å². The fraction of sp³-hybridized carbons (Fsp3) is 0.800. The fourth-order valence-electron chi connectivity index (χ4n) is 0.777. The van der Waals surface area contributed by atoms with E-state index in [9.17, 15) is 4.79 Å². The van der Waals surface area contributed by atoms with Crippen LogP contribution in [0.3, 0.4) is 0 Å². The molecule has 0 aromatic rings. The van der Waals surface area contributed by atoms with Crippen LogP contribution < -0.4 is 0 Å². The topological polar surface area (TPSA) is 66.8 Å². The third kappa shape index (κ3) is 1.12. The van der Waals surface area contributed by atoms with Crippen molar-refractivity contribution < 1.29 is 19.7 Å². The molecule has 1 rings (SSSR count). The van der Waals surface area contributed by atoms with Gasteiger partial charge in [-0.2, -0.15) is 12.6 Å². The first-order chi connectivity index (χ1) is 4.66. The number of cyclic esters (lactones) is 1. The number of aliphatic hydroxyl groups is 2. The molecule has 0 aliphatic carbocycles. The van der Waals surface area contributed by atoms with E-state index in [1.54, 1.807) is 0 Å². The summed E-state index contributed by atoms with van der Waals surface area (Å²) in [6.45, 7) is 0. The minimum absolute atomic E-state index is 0.226. The minimum atomic E-state index is -1.39. The Bertz CT molecular complexity index is 149. The highest BCUT2D eigenvalue weighted by Crippen LogP contribution is 2.16. The van der Waals surface area contributed by atoms with E-state index < -0.39 is 24.3 Å². The first-order valence-electron chi connectivity index (χ1n) is 2.84. The number of hydrogen-bond donors (Lipinski definition) is 3. The van der Waals surface area contributed by atoms with Gasteiger partial charge in [0.1, 0.15) is 12.2 Å². The van der Waals surface area contributed by atoms with Crippen LogP contribution in [0.15, 0.2) is 0 Å². The summed E-state index contributed by atoms with van der Waals surface area (Å²) in [5.41, 5.74) is 0. The van der Waals surface area contributed by atoms with Crippen LogP contribution in [0.2, 0.25) is 0 Å². The average Bonchev–Trinajstić information content (AvgIpc) is 2.17. The fourth-order valence-corrected chi connectivity index (χ4v) is 1.07. The Balaban J connectivity index is 2.61. The Morgan fingerprint density at radius 2 is 2.20 bits per heavy atom. The largest absolute Gasteiger partial charge is 0.457 e. The summed E-state index contributed by atoms with van der Waals surface area (Å²) in [5.74, 6) is -0.546. The molecule has 0 spiro atoms. The molecule has 1 aliphatic heterocycles. The van der Waals surface area contributed by atoms with Gasteiger partial charge in [0.15, 0.2) is 6.10 Å². The van der Waals surface area contributed by atoms with Crippen molar-refractivity contribution in [1.82, 2.24) is 0 Å². The Kier molecular flexibility index (Phi) is 2.18. The Labute approximate surface area is 63.2 Å². The van der Waals surface area contributed by atoms with Crippen LogP contribution >= 0.6 is 12.6 Å². The summed E-state index contributed by atoms with van der Waals surface area (Å²) < 4.78 is 4.52. The monoisotopic (exact) mass is 164 g/mol. The average molecular weight is 164 g/mol. The third-order valence-corrected chi connectivity index (χ3v) is 1.75. The molecule has 58 valence electrons. The maximum Gasteiger partial charge on any atom is 0.338 e. The van der Waals surface area contributed by atoms with Gasteiger partial charge in [0.25, 0.3) is 0 Å². The number of esters is 1. The van der Waals surface area contributed by atoms with Crippen molar-refractivity contribution in [3.63, 3.8) is 0 Å². The highest BCUT2D eigenvalue weighted by atomic mass is 32.1. The quantitative estimate of drug-likeness (QED) is 0.328. The lowest BCUT2D eigenvalue weighted by Gasteiger charge is -2.08. The molecule has 1 aliphatic rings. The summed E-state index contributed by atoms with van der Waals surface area (Å²) in [5, 5.41) is 17.8. The molecule has 5 heteroatoms. The lowest BCUT2D eigenvalue weighted by molar-refractivity contribution is -0.146. The van der Waals surface area contributed by atoms with Gasteiger partial charge in [0.05, 0.1) is 0 Å². The Morgan fingerprint density at radius 3 is 2.40 bits per heavy atom. The highest BCUT2D eigenvalue weighted by molar-refractivity contribution is 7.80. The van der Waals surface area contributed by atoms with E-state index in [4.69, 9.17) is 10.2 Å². The summed E-state index contributed by atoms with van der Waals surface area (Å²) in [7, 11) is 0. The van der Waals surface area contributed by atoms with E-state index in [2.05, 4.69) is 17.4 Å². The second kappa shape index (κ2) is 2.77. The molecular formula is C5H8O4S. The van der Waals surface area contributed by atoms with Gasteiger partial charge in [-0.1, -0.05) is 0 Å². The zero-order valence-corrected chi connectivity index (χ0v) is 5.99.